The van der Waals surface area contributed by atoms with Gasteiger partial charge in [-0.3, -0.25) is 0 Å². The molecule has 0 aliphatic carbocycles. The van der Waals surface area contributed by atoms with Crippen molar-refractivity contribution in [1.29, 1.82) is 0 Å². The molecule has 2 N–H and O–H groups in total. The van der Waals surface area contributed by atoms with Gasteiger partial charge in [-0.1, -0.05) is 295 Å². The van der Waals surface area contributed by atoms with Crippen molar-refractivity contribution in [1.82, 2.24) is 39.9 Å². The number of H-pyrrole nitrogens is 2. The molecule has 8 nitrogen and oxygen atoms in total. The average molecular weight is 2560 g/mol. The summed E-state index contributed by atoms with van der Waals surface area (Å²) in [5.41, 5.74) is 3.28. The molecule has 0 amide bonds. The van der Waals surface area contributed by atoms with Crippen LogP contribution in [-0.4, -0.2) is 178 Å². The van der Waals surface area contributed by atoms with Crippen molar-refractivity contribution in [2.75, 3.05) is 138 Å². The summed E-state index contributed by atoms with van der Waals surface area (Å²) in [4.78, 5) is 52.9. The summed E-state index contributed by atoms with van der Waals surface area (Å²) in [6.45, 7) is 18.6. The molecule has 0 spiro atoms. The van der Waals surface area contributed by atoms with Crippen molar-refractivity contribution in [2.45, 2.75) is 178 Å². The molecule has 8 bridgehead atoms. The van der Waals surface area contributed by atoms with E-state index >= 15 is 0 Å². The van der Waals surface area contributed by atoms with Crippen LogP contribution >= 0.6 is 470 Å². The third-order valence-corrected chi connectivity index (χ3v) is 77.9. The van der Waals surface area contributed by atoms with E-state index in [0.717, 1.165) is 177 Å². The Kier molecular flexibility index (Phi) is 51.4. The molecular weight excluding hydrogens is 2450 g/mol. The molecule has 136 heavy (non-hydrogen) atoms. The molecule has 0 fully saturated rings. The van der Waals surface area contributed by atoms with E-state index in [1.54, 1.807) is 0 Å². The highest BCUT2D eigenvalue weighted by Crippen LogP contribution is 2.72. The van der Waals surface area contributed by atoms with Gasteiger partial charge in [0, 0.05) is 92.0 Å². The van der Waals surface area contributed by atoms with Crippen molar-refractivity contribution >= 4 is 513 Å². The van der Waals surface area contributed by atoms with Crippen molar-refractivity contribution < 1.29 is 0 Å². The number of unbranched alkanes of at least 4 members (excludes halogenated alkanes) is 8. The standard InChI is InChI=1S/C88H106N8S40/c1-9-17-25-105-65-66(106-26-18-10-2)122-81(121-65)85-129-73-74(130-85)114-42-34-98-50-49(97-33-41-113-73)57-89-58(50)94-60-52-54(102-38-46-118-78-76(116-44-36-100-52)132-87(134-78)83-125-69(109-29-21-13-5)70(126-83)110-30-22-14-6)62(91-60)96-64-56-55(103-39-47-119-79-80(120-48-40-104-56)136-88(135-79)84-127-71(111-31-23-15-7)72(128-84)112-32-24-16-8)63(92-64)95-61-53-51(59(90-61)93-57)99-35-43-115-75-77(117-45-37-101-53)133-86(131-75)82-123-67(107-27-19-11-3)68(124-82)108-28-20-12-4/h9-48H2,1-8H3,(H2,89,90,91,92,93,94,95,96). The van der Waals surface area contributed by atoms with E-state index in [1.807, 2.05) is 188 Å². The quantitative estimate of drug-likeness (QED) is 0.0578. The number of fused-ring (bicyclic) bond motifs is 18. The fourth-order valence-electron chi connectivity index (χ4n) is 12.7. The molecule has 48 heteroatoms. The van der Waals surface area contributed by atoms with Crippen LogP contribution in [0.4, 0.5) is 0 Å². The fraction of sp³-hybridized carbons (Fsp3) is 0.545. The van der Waals surface area contributed by atoms with E-state index in [1.165, 1.54) is 250 Å². The van der Waals surface area contributed by atoms with Gasteiger partial charge in [-0.2, -0.15) is 0 Å². The van der Waals surface area contributed by atoms with Crippen LogP contribution in [-0.2, 0) is 0 Å². The first kappa shape index (κ1) is 114. The van der Waals surface area contributed by atoms with Crippen LogP contribution in [0.25, 0.3) is 42.2 Å². The van der Waals surface area contributed by atoms with Crippen LogP contribution in [0.3, 0.4) is 0 Å². The summed E-state index contributed by atoms with van der Waals surface area (Å²) in [5.74, 6) is 27.3. The van der Waals surface area contributed by atoms with Crippen molar-refractivity contribution in [3.05, 3.63) is 125 Å². The van der Waals surface area contributed by atoms with Gasteiger partial charge in [-0.15, -0.1) is 282 Å². The van der Waals surface area contributed by atoms with Crippen molar-refractivity contribution in [2.24, 2.45) is 0 Å². The maximum atomic E-state index is 6.00. The second-order valence-corrected chi connectivity index (χ2v) is 79.0. The SMILES string of the molecule is CCCCSC1=C(SCCCC)SC(=C2SC3=C(SCCSC4=C(SCCS3)c3nc4nc4[nH]c(nc5nc(nc6[nH]c(n3)c3c6SCCSC6=C(SCCS3)SC(=C3SC(SCCCC)=C(SCCCC)S3)S6)C3=C5SCCSC5=C(SCCS3)SC(=C3SC(SCCCC)=C(SCCCC)S3)S5)c3c4SCCSC4=C(SCCS3)SC(=C3SC(SCCCC)=C(SCCCC)S3)S4)S2)S1. The number of nitrogens with zero attached hydrogens (tertiary/aromatic N) is 6. The molecule has 0 atom stereocenters. The van der Waals surface area contributed by atoms with E-state index in [9.17, 15) is 0 Å². The largest absolute Gasteiger partial charge is 0.323 e. The Morgan fingerprint density at radius 2 is 0.324 bits per heavy atom. The van der Waals surface area contributed by atoms with Crippen LogP contribution < -0.4 is 0 Å². The summed E-state index contributed by atoms with van der Waals surface area (Å²) >= 11 is 81.4. The number of aromatic amines is 2. The molecule has 0 aromatic carbocycles. The van der Waals surface area contributed by atoms with E-state index in [0.29, 0.717) is 0 Å². The Balaban J connectivity index is 0.733. The predicted octanol–water partition coefficient (Wildman–Crippen LogP) is 42.4. The van der Waals surface area contributed by atoms with Crippen LogP contribution in [0.2, 0.25) is 0 Å². The summed E-state index contributed by atoms with van der Waals surface area (Å²) in [6.07, 6.45) is 19.9. The minimum Gasteiger partial charge on any atom is -0.323 e. The van der Waals surface area contributed by atoms with Gasteiger partial charge >= 0.3 is 0 Å². The molecule has 17 heterocycles. The lowest BCUT2D eigenvalue weighted by Crippen LogP contribution is -1.93. The lowest BCUT2D eigenvalue weighted by Gasteiger charge is -2.10. The molecule has 14 aliphatic rings. The minimum absolute atomic E-state index is 0.733. The summed E-state index contributed by atoms with van der Waals surface area (Å²) in [7, 11) is 0. The van der Waals surface area contributed by atoms with Crippen molar-refractivity contribution in [3.63, 3.8) is 0 Å². The zero-order chi connectivity index (χ0) is 93.3. The molecule has 738 valence electrons. The number of rotatable bonds is 32. The highest BCUT2D eigenvalue weighted by Gasteiger charge is 2.40. The maximum absolute atomic E-state index is 6.00. The average Bonchev–Trinajstić information content (AvgIpc) is 1.60. The van der Waals surface area contributed by atoms with Crippen LogP contribution in [0.5, 0.6) is 0 Å². The molecule has 3 aromatic rings. The van der Waals surface area contributed by atoms with E-state index in [-0.39, 0.29) is 0 Å². The first-order valence-corrected chi connectivity index (χ1v) is 82.4. The first-order chi connectivity index (χ1) is 67.1. The van der Waals surface area contributed by atoms with Gasteiger partial charge < -0.3 is 9.97 Å². The lowest BCUT2D eigenvalue weighted by molar-refractivity contribution is 0.897. The molecule has 0 radical (unpaired) electrons. The van der Waals surface area contributed by atoms with E-state index < -0.39 is 0 Å². The number of thioether (sulfide) groups is 40. The molecule has 0 saturated heterocycles. The maximum Gasteiger partial charge on any atom is 0.171 e. The zero-order valence-corrected chi connectivity index (χ0v) is 109. The lowest BCUT2D eigenvalue weighted by atomic mass is 10.4. The number of nitrogens with one attached hydrogen (secondary N) is 2. The van der Waals surface area contributed by atoms with E-state index in [2.05, 4.69) is 348 Å². The topological polar surface area (TPSA) is 109 Å². The Labute approximate surface area is 978 Å². The Bertz CT molecular complexity index is 4850. The number of aromatic nitrogens is 8. The molecule has 3 aromatic heterocycles. The zero-order valence-electron chi connectivity index (χ0n) is 76.3. The molecule has 0 saturated carbocycles. The molecular formula is C88H106N8S40. The van der Waals surface area contributed by atoms with Gasteiger partial charge in [0.05, 0.1) is 141 Å². The van der Waals surface area contributed by atoms with Gasteiger partial charge in [0.2, 0.25) is 0 Å². The van der Waals surface area contributed by atoms with Crippen molar-refractivity contribution in [3.8, 4) is 0 Å². The Morgan fingerprint density at radius 3 is 0.485 bits per heavy atom. The number of hydrogen-bond acceptors (Lipinski definition) is 46. The van der Waals surface area contributed by atoms with E-state index in [4.69, 9.17) is 29.9 Å². The summed E-state index contributed by atoms with van der Waals surface area (Å²) in [6, 6.07) is 0. The predicted molar refractivity (Wildman–Crippen MR) is 703 cm³/mol. The van der Waals surface area contributed by atoms with Gasteiger partial charge in [-0.05, 0) is 97.4 Å². The fourth-order valence-corrected chi connectivity index (χ4v) is 71.7. The molecule has 17 rings (SSSR count). The molecule has 14 aliphatic heterocycles. The minimum atomic E-state index is 0.733. The van der Waals surface area contributed by atoms with Gasteiger partial charge in [0.25, 0.3) is 0 Å². The Morgan fingerprint density at radius 1 is 0.176 bits per heavy atom. The van der Waals surface area contributed by atoms with Gasteiger partial charge in [0.1, 0.15) is 22.6 Å². The molecule has 0 unspecified atom stereocenters. The van der Waals surface area contributed by atoms with Gasteiger partial charge in [0.15, 0.2) is 23.3 Å². The highest BCUT2D eigenvalue weighted by atomic mass is 32.3. The Hall–Kier alpha value is 7.20. The summed E-state index contributed by atoms with van der Waals surface area (Å²) in [5, 5.41) is 0. The second-order valence-electron chi connectivity index (χ2n) is 30.0. The van der Waals surface area contributed by atoms with Crippen LogP contribution in [0.15, 0.2) is 121 Å². The number of hydrogen-bond donors (Lipinski definition) is 2. The smallest absolute Gasteiger partial charge is 0.171 e. The van der Waals surface area contributed by atoms with Crippen LogP contribution in [0.1, 0.15) is 181 Å². The normalized spacial score (nSPS) is 20.9. The third kappa shape index (κ3) is 31.8. The summed E-state index contributed by atoms with van der Waals surface area (Å²) < 4.78 is 35.7. The van der Waals surface area contributed by atoms with Crippen LogP contribution in [0, 0.1) is 0 Å². The second kappa shape index (κ2) is 61.2. The first-order valence-electron chi connectivity index (χ1n) is 45.7. The third-order valence-electron chi connectivity index (χ3n) is 19.6. The monoisotopic (exact) mass is 2550 g/mol. The highest BCUT2D eigenvalue weighted by molar-refractivity contribution is 8.49. The van der Waals surface area contributed by atoms with Gasteiger partial charge in [-0.25, -0.2) is 29.9 Å².